The van der Waals surface area contributed by atoms with Crippen molar-refractivity contribution in [1.82, 2.24) is 0 Å². The molecule has 20 heavy (non-hydrogen) atoms. The highest BCUT2D eigenvalue weighted by Gasteiger charge is 2.14. The van der Waals surface area contributed by atoms with Gasteiger partial charge in [0.25, 0.3) is 0 Å². The van der Waals surface area contributed by atoms with Gasteiger partial charge in [-0.15, -0.1) is 0 Å². The van der Waals surface area contributed by atoms with Gasteiger partial charge in [-0.1, -0.05) is 30.8 Å². The predicted octanol–water partition coefficient (Wildman–Crippen LogP) is 4.03. The lowest BCUT2D eigenvalue weighted by Gasteiger charge is -2.14. The van der Waals surface area contributed by atoms with Gasteiger partial charge in [0.05, 0.1) is 6.61 Å². The van der Waals surface area contributed by atoms with Gasteiger partial charge in [0.15, 0.2) is 0 Å². The second kappa shape index (κ2) is 5.78. The monoisotopic (exact) mass is 270 g/mol. The Bertz CT molecular complexity index is 671. The van der Waals surface area contributed by atoms with E-state index in [0.29, 0.717) is 17.9 Å². The molecule has 0 fully saturated rings. The second-order valence-corrected chi connectivity index (χ2v) is 4.67. The van der Waals surface area contributed by atoms with Crippen molar-refractivity contribution in [3.63, 3.8) is 0 Å². The van der Waals surface area contributed by atoms with E-state index in [0.717, 1.165) is 22.1 Å². The Morgan fingerprint density at radius 1 is 1.25 bits per heavy atom. The SMILES string of the molecule is C=C(C)C(=O)Oc1c(C)cc(OCC)c2ccccc12. The molecule has 2 aromatic carbocycles. The Morgan fingerprint density at radius 3 is 2.50 bits per heavy atom. The number of esters is 1. The molecule has 0 N–H and O–H groups in total. The maximum Gasteiger partial charge on any atom is 0.338 e. The van der Waals surface area contributed by atoms with Crippen molar-refractivity contribution in [2.45, 2.75) is 20.8 Å². The Labute approximate surface area is 118 Å². The van der Waals surface area contributed by atoms with E-state index in [4.69, 9.17) is 9.47 Å². The lowest BCUT2D eigenvalue weighted by Crippen LogP contribution is -2.09. The first kappa shape index (κ1) is 14.1. The molecule has 0 aromatic heterocycles. The molecule has 0 amide bonds. The Morgan fingerprint density at radius 2 is 1.90 bits per heavy atom. The van der Waals surface area contributed by atoms with Gasteiger partial charge in [-0.2, -0.15) is 0 Å². The molecular formula is C17H18O3. The maximum atomic E-state index is 11.8. The van der Waals surface area contributed by atoms with Gasteiger partial charge < -0.3 is 9.47 Å². The summed E-state index contributed by atoms with van der Waals surface area (Å²) in [6.07, 6.45) is 0. The summed E-state index contributed by atoms with van der Waals surface area (Å²) in [5.74, 6) is 0.954. The van der Waals surface area contributed by atoms with E-state index < -0.39 is 5.97 Å². The Kier molecular flexibility index (Phi) is 4.08. The summed E-state index contributed by atoms with van der Waals surface area (Å²) in [6.45, 7) is 9.68. The van der Waals surface area contributed by atoms with Crippen LogP contribution in [0.4, 0.5) is 0 Å². The molecule has 0 spiro atoms. The Hall–Kier alpha value is -2.29. The second-order valence-electron chi connectivity index (χ2n) is 4.67. The third-order valence-corrected chi connectivity index (χ3v) is 2.99. The van der Waals surface area contributed by atoms with Crippen LogP contribution in [0.25, 0.3) is 10.8 Å². The molecule has 0 aliphatic heterocycles. The molecule has 0 heterocycles. The maximum absolute atomic E-state index is 11.8. The third kappa shape index (κ3) is 2.67. The standard InChI is InChI=1S/C17H18O3/c1-5-19-15-10-12(4)16(20-17(18)11(2)3)14-9-7-6-8-13(14)15/h6-10H,2,5H2,1,3-4H3. The number of ether oxygens (including phenoxy) is 2. The normalized spacial score (nSPS) is 10.3. The van der Waals surface area contributed by atoms with Crippen LogP contribution >= 0.6 is 0 Å². The van der Waals surface area contributed by atoms with Crippen LogP contribution in [0.15, 0.2) is 42.5 Å². The summed E-state index contributed by atoms with van der Waals surface area (Å²) in [5, 5.41) is 1.80. The smallest absolute Gasteiger partial charge is 0.338 e. The quantitative estimate of drug-likeness (QED) is 0.478. The van der Waals surface area contributed by atoms with Gasteiger partial charge >= 0.3 is 5.97 Å². The zero-order valence-corrected chi connectivity index (χ0v) is 12.0. The topological polar surface area (TPSA) is 35.5 Å². The van der Waals surface area contributed by atoms with Crippen molar-refractivity contribution >= 4 is 16.7 Å². The van der Waals surface area contributed by atoms with E-state index in [-0.39, 0.29) is 0 Å². The number of hydrogen-bond acceptors (Lipinski definition) is 3. The molecule has 0 radical (unpaired) electrons. The number of hydrogen-bond donors (Lipinski definition) is 0. The summed E-state index contributed by atoms with van der Waals surface area (Å²) >= 11 is 0. The first-order valence-electron chi connectivity index (χ1n) is 6.57. The summed E-state index contributed by atoms with van der Waals surface area (Å²) in [4.78, 5) is 11.8. The number of rotatable bonds is 4. The summed E-state index contributed by atoms with van der Waals surface area (Å²) < 4.78 is 11.1. The van der Waals surface area contributed by atoms with Crippen LogP contribution in [0.3, 0.4) is 0 Å². The molecule has 0 saturated heterocycles. The minimum absolute atomic E-state index is 0.377. The van der Waals surface area contributed by atoms with Crippen molar-refractivity contribution in [1.29, 1.82) is 0 Å². The zero-order chi connectivity index (χ0) is 14.7. The molecular weight excluding hydrogens is 252 g/mol. The van der Waals surface area contributed by atoms with Crippen molar-refractivity contribution in [3.8, 4) is 11.5 Å². The molecule has 3 heteroatoms. The number of aryl methyl sites for hydroxylation is 1. The van der Waals surface area contributed by atoms with E-state index in [1.165, 1.54) is 0 Å². The number of carbonyl (C=O) groups is 1. The number of carbonyl (C=O) groups excluding carboxylic acids is 1. The molecule has 2 aromatic rings. The minimum Gasteiger partial charge on any atom is -0.493 e. The summed E-state index contributed by atoms with van der Waals surface area (Å²) in [7, 11) is 0. The summed E-state index contributed by atoms with van der Waals surface area (Å²) in [6, 6.07) is 9.62. The van der Waals surface area contributed by atoms with Crippen LogP contribution in [0, 0.1) is 6.92 Å². The average molecular weight is 270 g/mol. The van der Waals surface area contributed by atoms with Gasteiger partial charge in [-0.25, -0.2) is 4.79 Å². The number of fused-ring (bicyclic) bond motifs is 1. The highest BCUT2D eigenvalue weighted by molar-refractivity contribution is 5.98. The first-order chi connectivity index (χ1) is 9.54. The van der Waals surface area contributed by atoms with Gasteiger partial charge in [-0.05, 0) is 32.4 Å². The van der Waals surface area contributed by atoms with Gasteiger partial charge in [0.2, 0.25) is 0 Å². The van der Waals surface area contributed by atoms with E-state index in [2.05, 4.69) is 6.58 Å². The van der Waals surface area contributed by atoms with Gasteiger partial charge in [0.1, 0.15) is 11.5 Å². The van der Waals surface area contributed by atoms with Gasteiger partial charge in [-0.3, -0.25) is 0 Å². The van der Waals surface area contributed by atoms with E-state index in [1.807, 2.05) is 44.2 Å². The largest absolute Gasteiger partial charge is 0.493 e. The molecule has 0 saturated carbocycles. The molecule has 0 aliphatic rings. The van der Waals surface area contributed by atoms with Crippen molar-refractivity contribution in [2.75, 3.05) is 6.61 Å². The van der Waals surface area contributed by atoms with E-state index >= 15 is 0 Å². The molecule has 0 unspecified atom stereocenters. The molecule has 0 bridgehead atoms. The van der Waals surface area contributed by atoms with Crippen molar-refractivity contribution < 1.29 is 14.3 Å². The van der Waals surface area contributed by atoms with E-state index in [9.17, 15) is 4.79 Å². The average Bonchev–Trinajstić information content (AvgIpc) is 2.43. The zero-order valence-electron chi connectivity index (χ0n) is 12.0. The predicted molar refractivity (Wildman–Crippen MR) is 80.3 cm³/mol. The molecule has 2 rings (SSSR count). The fourth-order valence-corrected chi connectivity index (χ4v) is 2.04. The Balaban J connectivity index is 2.60. The summed E-state index contributed by atoms with van der Waals surface area (Å²) in [5.41, 5.74) is 1.24. The van der Waals surface area contributed by atoms with Crippen molar-refractivity contribution in [3.05, 3.63) is 48.0 Å². The molecule has 3 nitrogen and oxygen atoms in total. The fourth-order valence-electron chi connectivity index (χ4n) is 2.04. The number of benzene rings is 2. The lowest BCUT2D eigenvalue weighted by atomic mass is 10.0. The van der Waals surface area contributed by atoms with E-state index in [1.54, 1.807) is 6.92 Å². The fraction of sp³-hybridized carbons (Fsp3) is 0.235. The van der Waals surface area contributed by atoms with Crippen LogP contribution in [-0.4, -0.2) is 12.6 Å². The highest BCUT2D eigenvalue weighted by atomic mass is 16.5. The van der Waals surface area contributed by atoms with Crippen LogP contribution < -0.4 is 9.47 Å². The lowest BCUT2D eigenvalue weighted by molar-refractivity contribution is -0.130. The molecule has 0 atom stereocenters. The molecule has 0 aliphatic carbocycles. The molecule has 104 valence electrons. The minimum atomic E-state index is -0.414. The van der Waals surface area contributed by atoms with Crippen LogP contribution in [0.5, 0.6) is 11.5 Å². The van der Waals surface area contributed by atoms with Crippen molar-refractivity contribution in [2.24, 2.45) is 0 Å². The third-order valence-electron chi connectivity index (χ3n) is 2.99. The van der Waals surface area contributed by atoms with Crippen LogP contribution in [0.1, 0.15) is 19.4 Å². The van der Waals surface area contributed by atoms with Crippen LogP contribution in [0.2, 0.25) is 0 Å². The first-order valence-corrected chi connectivity index (χ1v) is 6.57. The van der Waals surface area contributed by atoms with Gasteiger partial charge in [0, 0.05) is 16.3 Å². The highest BCUT2D eigenvalue weighted by Crippen LogP contribution is 2.36. The van der Waals surface area contributed by atoms with Crippen LogP contribution in [-0.2, 0) is 4.79 Å².